The van der Waals surface area contributed by atoms with Gasteiger partial charge in [-0.15, -0.1) is 0 Å². The maximum Gasteiger partial charge on any atom is 0.472 e. The number of phosphoric ester groups is 1. The molecule has 6 N–H and O–H groups in total. The van der Waals surface area contributed by atoms with Gasteiger partial charge in [-0.05, 0) is 70.6 Å². The Morgan fingerprint density at radius 2 is 0.966 bits per heavy atom. The van der Waals surface area contributed by atoms with Crippen molar-refractivity contribution in [3.8, 4) is 0 Å². The second-order valence-corrected chi connectivity index (χ2v) is 16.9. The largest absolute Gasteiger partial charge is 0.472 e. The molecule has 1 saturated carbocycles. The van der Waals surface area contributed by atoms with Gasteiger partial charge in [-0.3, -0.25) is 18.6 Å². The van der Waals surface area contributed by atoms with E-state index >= 15 is 0 Å². The molecule has 14 heteroatoms. The van der Waals surface area contributed by atoms with Crippen LogP contribution in [0.1, 0.15) is 168 Å². The minimum absolute atomic E-state index is 0.0743. The zero-order valence-corrected chi connectivity index (χ0v) is 36.9. The number of unbranched alkanes of at least 4 members (excludes halogenated alkanes) is 16. The molecule has 0 saturated heterocycles. The first-order valence-electron chi connectivity index (χ1n) is 22.4. The molecule has 342 valence electrons. The van der Waals surface area contributed by atoms with Gasteiger partial charge in [0.15, 0.2) is 6.10 Å². The topological polar surface area (TPSA) is 210 Å². The molecule has 0 aliphatic heterocycles. The van der Waals surface area contributed by atoms with E-state index in [1.807, 2.05) is 0 Å². The number of esters is 2. The Bertz CT molecular complexity index is 1220. The average Bonchev–Trinajstić information content (AvgIpc) is 3.21. The van der Waals surface area contributed by atoms with E-state index in [1.165, 1.54) is 38.5 Å². The number of carbonyl (C=O) groups excluding carboxylic acids is 2. The number of rotatable bonds is 36. The standard InChI is InChI=1S/C45H79O13P/c1-3-5-7-9-11-13-15-17-19-21-23-25-27-29-31-33-38(46)55-35-37(36-56-59(53,54)58-45-43(51)41(49)40(48)42(50)44(45)52)57-39(47)34-32-30-28-26-24-22-20-18-16-14-12-10-8-6-4-2/h6,8,12,14,17-20,37,40-45,48-52H,3-5,7,9-11,13,15-16,21-36H2,1-2H3,(H,53,54)/t37-,40?,41-,42?,43?,44?,45?/m1/s1. The van der Waals surface area contributed by atoms with Crippen LogP contribution >= 0.6 is 7.82 Å². The lowest BCUT2D eigenvalue weighted by Crippen LogP contribution is -2.64. The summed E-state index contributed by atoms with van der Waals surface area (Å²) in [6, 6.07) is 0. The summed E-state index contributed by atoms with van der Waals surface area (Å²) < 4.78 is 33.5. The monoisotopic (exact) mass is 859 g/mol. The van der Waals surface area contributed by atoms with Crippen molar-refractivity contribution in [2.45, 2.75) is 211 Å². The van der Waals surface area contributed by atoms with E-state index in [-0.39, 0.29) is 12.8 Å². The van der Waals surface area contributed by atoms with E-state index in [0.29, 0.717) is 12.8 Å². The van der Waals surface area contributed by atoms with Crippen molar-refractivity contribution in [2.24, 2.45) is 0 Å². The Kier molecular flexibility index (Phi) is 32.9. The number of allylic oxidation sites excluding steroid dienone is 8. The lowest BCUT2D eigenvalue weighted by atomic mass is 9.85. The van der Waals surface area contributed by atoms with E-state index in [0.717, 1.165) is 89.9 Å². The average molecular weight is 859 g/mol. The maximum atomic E-state index is 12.8. The van der Waals surface area contributed by atoms with E-state index in [4.69, 9.17) is 18.5 Å². The fourth-order valence-corrected chi connectivity index (χ4v) is 7.50. The Morgan fingerprint density at radius 1 is 0.542 bits per heavy atom. The highest BCUT2D eigenvalue weighted by Gasteiger charge is 2.51. The number of hydrogen-bond acceptors (Lipinski definition) is 12. The van der Waals surface area contributed by atoms with Crippen LogP contribution in [0.15, 0.2) is 48.6 Å². The van der Waals surface area contributed by atoms with Crippen molar-refractivity contribution in [1.29, 1.82) is 0 Å². The van der Waals surface area contributed by atoms with Gasteiger partial charge in [0.1, 0.15) is 43.2 Å². The van der Waals surface area contributed by atoms with E-state index in [2.05, 4.69) is 62.5 Å². The van der Waals surface area contributed by atoms with Crippen LogP contribution in [-0.2, 0) is 32.7 Å². The maximum absolute atomic E-state index is 12.8. The minimum Gasteiger partial charge on any atom is -0.462 e. The van der Waals surface area contributed by atoms with E-state index in [9.17, 15) is 44.6 Å². The first-order chi connectivity index (χ1) is 28.4. The predicted octanol–water partition coefficient (Wildman–Crippen LogP) is 8.39. The zero-order chi connectivity index (χ0) is 43.6. The zero-order valence-electron chi connectivity index (χ0n) is 36.0. The van der Waals surface area contributed by atoms with Gasteiger partial charge in [-0.25, -0.2) is 4.57 Å². The molecule has 1 aliphatic rings. The van der Waals surface area contributed by atoms with Crippen LogP contribution in [-0.4, -0.2) is 98.3 Å². The summed E-state index contributed by atoms with van der Waals surface area (Å²) in [6.07, 6.45) is 27.4. The molecule has 1 aliphatic carbocycles. The molecule has 0 aromatic heterocycles. The summed E-state index contributed by atoms with van der Waals surface area (Å²) >= 11 is 0. The van der Waals surface area contributed by atoms with Gasteiger partial charge in [-0.1, -0.05) is 133 Å². The highest BCUT2D eigenvalue weighted by atomic mass is 31.2. The molecular formula is C45H79O13P. The molecule has 0 bridgehead atoms. The molecule has 0 amide bonds. The third-order valence-corrected chi connectivity index (χ3v) is 11.1. The Morgan fingerprint density at radius 3 is 1.49 bits per heavy atom. The lowest BCUT2D eigenvalue weighted by molar-refractivity contribution is -0.220. The molecule has 0 heterocycles. The normalized spacial score (nSPS) is 22.8. The van der Waals surface area contributed by atoms with Gasteiger partial charge in [0.2, 0.25) is 0 Å². The van der Waals surface area contributed by atoms with Gasteiger partial charge in [0.05, 0.1) is 6.61 Å². The van der Waals surface area contributed by atoms with Crippen molar-refractivity contribution in [2.75, 3.05) is 13.2 Å². The molecule has 0 aromatic rings. The molecule has 1 rings (SSSR count). The minimum atomic E-state index is -5.12. The fourth-order valence-electron chi connectivity index (χ4n) is 6.53. The molecule has 8 atom stereocenters. The van der Waals surface area contributed by atoms with Crippen LogP contribution in [0.3, 0.4) is 0 Å². The van der Waals surface area contributed by atoms with Crippen molar-refractivity contribution < 1.29 is 63.1 Å². The number of aliphatic hydroxyl groups excluding tert-OH is 5. The molecule has 1 fully saturated rings. The van der Waals surface area contributed by atoms with Gasteiger partial charge in [-0.2, -0.15) is 0 Å². The van der Waals surface area contributed by atoms with Crippen molar-refractivity contribution in [3.63, 3.8) is 0 Å². The quantitative estimate of drug-likeness (QED) is 0.0152. The van der Waals surface area contributed by atoms with Crippen LogP contribution in [0.2, 0.25) is 0 Å². The number of hydrogen-bond donors (Lipinski definition) is 6. The Labute approximate surface area is 354 Å². The summed E-state index contributed by atoms with van der Waals surface area (Å²) in [5, 5.41) is 50.1. The summed E-state index contributed by atoms with van der Waals surface area (Å²) in [5.74, 6) is -1.13. The predicted molar refractivity (Wildman–Crippen MR) is 230 cm³/mol. The second-order valence-electron chi connectivity index (χ2n) is 15.5. The highest BCUT2D eigenvalue weighted by molar-refractivity contribution is 7.47. The molecule has 0 radical (unpaired) electrons. The molecule has 0 aromatic carbocycles. The van der Waals surface area contributed by atoms with Crippen molar-refractivity contribution in [3.05, 3.63) is 48.6 Å². The summed E-state index contributed by atoms with van der Waals surface area (Å²) in [5.41, 5.74) is 0. The first kappa shape index (κ1) is 54.8. The number of aliphatic hydroxyl groups is 5. The molecule has 6 unspecified atom stereocenters. The Hall–Kier alpha value is -2.19. The number of carbonyl (C=O) groups is 2. The Balaban J connectivity index is 2.49. The molecule has 59 heavy (non-hydrogen) atoms. The molecule has 13 nitrogen and oxygen atoms in total. The van der Waals surface area contributed by atoms with Gasteiger partial charge in [0.25, 0.3) is 0 Å². The van der Waals surface area contributed by atoms with Crippen LogP contribution in [0.5, 0.6) is 0 Å². The van der Waals surface area contributed by atoms with E-state index in [1.54, 1.807) is 0 Å². The lowest BCUT2D eigenvalue weighted by Gasteiger charge is -2.41. The SMILES string of the molecule is CCC=CCC=CCC=CCCCCCCCC(=O)O[C@H](COC(=O)CCCCCCCC=CCCCCCCCC)COP(=O)(O)OC1C(O)C(O)C(O)[C@@H](O)C1O. The number of ether oxygens (including phenoxy) is 2. The molecular weight excluding hydrogens is 779 g/mol. The van der Waals surface area contributed by atoms with Crippen LogP contribution in [0.25, 0.3) is 0 Å². The van der Waals surface area contributed by atoms with Gasteiger partial charge < -0.3 is 39.9 Å². The summed E-state index contributed by atoms with van der Waals surface area (Å²) in [4.78, 5) is 35.6. The van der Waals surface area contributed by atoms with Crippen LogP contribution in [0.4, 0.5) is 0 Å². The smallest absolute Gasteiger partial charge is 0.462 e. The second kappa shape index (κ2) is 35.4. The number of phosphoric acid groups is 1. The molecule has 0 spiro atoms. The highest BCUT2D eigenvalue weighted by Crippen LogP contribution is 2.47. The first-order valence-corrected chi connectivity index (χ1v) is 23.9. The van der Waals surface area contributed by atoms with Crippen molar-refractivity contribution in [1.82, 2.24) is 0 Å². The summed E-state index contributed by atoms with van der Waals surface area (Å²) in [6.45, 7) is 3.15. The summed E-state index contributed by atoms with van der Waals surface area (Å²) in [7, 11) is -5.12. The fraction of sp³-hybridized carbons (Fsp3) is 0.778. The van der Waals surface area contributed by atoms with Gasteiger partial charge >= 0.3 is 19.8 Å². The van der Waals surface area contributed by atoms with Crippen molar-refractivity contribution >= 4 is 19.8 Å². The van der Waals surface area contributed by atoms with Gasteiger partial charge in [0, 0.05) is 12.8 Å². The van der Waals surface area contributed by atoms with E-state index < -0.39 is 75.7 Å². The third-order valence-electron chi connectivity index (χ3n) is 10.2. The van der Waals surface area contributed by atoms with Crippen LogP contribution < -0.4 is 0 Å². The third kappa shape index (κ3) is 28.1. The van der Waals surface area contributed by atoms with Crippen LogP contribution in [0, 0.1) is 0 Å².